The molecule has 1 heteroatoms. The Morgan fingerprint density at radius 3 is 2.93 bits per heavy atom. The predicted molar refractivity (Wildman–Crippen MR) is 63.1 cm³/mol. The van der Waals surface area contributed by atoms with Crippen molar-refractivity contribution in [3.63, 3.8) is 0 Å². The van der Waals surface area contributed by atoms with Crippen LogP contribution in [0.2, 0.25) is 0 Å². The third kappa shape index (κ3) is 1.69. The largest absolute Gasteiger partial charge is 0.313 e. The van der Waals surface area contributed by atoms with Crippen molar-refractivity contribution < 1.29 is 0 Å². The Bertz CT molecular complexity index is 358. The Kier molecular flexibility index (Phi) is 2.28. The fourth-order valence-electron chi connectivity index (χ4n) is 2.79. The fourth-order valence-corrected chi connectivity index (χ4v) is 2.79. The van der Waals surface area contributed by atoms with Gasteiger partial charge in [0.15, 0.2) is 0 Å². The maximum Gasteiger partial charge on any atom is 0.00992 e. The lowest BCUT2D eigenvalue weighted by Crippen LogP contribution is -2.30. The molecular formula is C14H19N. The highest BCUT2D eigenvalue weighted by Gasteiger charge is 2.36. The van der Waals surface area contributed by atoms with Gasteiger partial charge in [-0.1, -0.05) is 37.6 Å². The van der Waals surface area contributed by atoms with Gasteiger partial charge < -0.3 is 5.32 Å². The van der Waals surface area contributed by atoms with Crippen LogP contribution in [0.15, 0.2) is 24.3 Å². The van der Waals surface area contributed by atoms with E-state index in [0.717, 1.165) is 17.9 Å². The number of hydrogen-bond donors (Lipinski definition) is 1. The average molecular weight is 201 g/mol. The normalized spacial score (nSPS) is 31.9. The summed E-state index contributed by atoms with van der Waals surface area (Å²) in [5, 5.41) is 3.70. The maximum absolute atomic E-state index is 3.70. The van der Waals surface area contributed by atoms with Crippen LogP contribution in [0.4, 0.5) is 0 Å². The molecule has 0 heterocycles. The molecule has 3 unspecified atom stereocenters. The Balaban J connectivity index is 1.51. The Labute approximate surface area is 91.9 Å². The molecule has 1 aromatic carbocycles. The standard InChI is InChI=1S/C14H19N/c1-2-10-8-14(10)15-9-12-7-11-5-3-4-6-13(11)12/h3-6,10,12,14-15H,2,7-9H2,1H3. The molecule has 1 aromatic rings. The summed E-state index contributed by atoms with van der Waals surface area (Å²) >= 11 is 0. The van der Waals surface area contributed by atoms with Crippen LogP contribution in [0.1, 0.15) is 36.8 Å². The minimum atomic E-state index is 0.791. The minimum Gasteiger partial charge on any atom is -0.313 e. The predicted octanol–water partition coefficient (Wildman–Crippen LogP) is 2.71. The van der Waals surface area contributed by atoms with Gasteiger partial charge in [-0.3, -0.25) is 0 Å². The van der Waals surface area contributed by atoms with E-state index in [2.05, 4.69) is 36.5 Å². The topological polar surface area (TPSA) is 12.0 Å². The summed E-state index contributed by atoms with van der Waals surface area (Å²) in [6.07, 6.45) is 4.04. The van der Waals surface area contributed by atoms with Crippen molar-refractivity contribution >= 4 is 0 Å². The monoisotopic (exact) mass is 201 g/mol. The summed E-state index contributed by atoms with van der Waals surface area (Å²) < 4.78 is 0. The van der Waals surface area contributed by atoms with Crippen LogP contribution in [-0.4, -0.2) is 12.6 Å². The van der Waals surface area contributed by atoms with Gasteiger partial charge in [0, 0.05) is 18.5 Å². The quantitative estimate of drug-likeness (QED) is 0.789. The third-order valence-electron chi connectivity index (χ3n) is 4.03. The van der Waals surface area contributed by atoms with E-state index in [9.17, 15) is 0 Å². The van der Waals surface area contributed by atoms with E-state index < -0.39 is 0 Å². The Morgan fingerprint density at radius 1 is 1.33 bits per heavy atom. The van der Waals surface area contributed by atoms with Crippen molar-refractivity contribution in [2.45, 2.75) is 38.1 Å². The van der Waals surface area contributed by atoms with Gasteiger partial charge >= 0.3 is 0 Å². The summed E-state index contributed by atoms with van der Waals surface area (Å²) in [6, 6.07) is 9.70. The summed E-state index contributed by atoms with van der Waals surface area (Å²) in [5.74, 6) is 1.76. The molecular weight excluding hydrogens is 182 g/mol. The first-order valence-electron chi connectivity index (χ1n) is 6.19. The molecule has 3 rings (SSSR count). The molecule has 1 nitrogen and oxygen atoms in total. The lowest BCUT2D eigenvalue weighted by atomic mass is 9.77. The van der Waals surface area contributed by atoms with Crippen molar-refractivity contribution in [1.29, 1.82) is 0 Å². The first-order valence-corrected chi connectivity index (χ1v) is 6.19. The molecule has 80 valence electrons. The number of fused-ring (bicyclic) bond motifs is 1. The fraction of sp³-hybridized carbons (Fsp3) is 0.571. The zero-order chi connectivity index (χ0) is 10.3. The van der Waals surface area contributed by atoms with E-state index in [1.54, 1.807) is 11.1 Å². The first kappa shape index (κ1) is 9.41. The van der Waals surface area contributed by atoms with E-state index in [-0.39, 0.29) is 0 Å². The minimum absolute atomic E-state index is 0.791. The van der Waals surface area contributed by atoms with E-state index in [4.69, 9.17) is 0 Å². The number of benzene rings is 1. The van der Waals surface area contributed by atoms with E-state index in [1.165, 1.54) is 25.8 Å². The molecule has 0 amide bonds. The highest BCUT2D eigenvalue weighted by molar-refractivity contribution is 5.40. The van der Waals surface area contributed by atoms with Crippen molar-refractivity contribution in [3.8, 4) is 0 Å². The van der Waals surface area contributed by atoms with Gasteiger partial charge in [-0.05, 0) is 29.9 Å². The molecule has 2 aliphatic rings. The highest BCUT2D eigenvalue weighted by Crippen LogP contribution is 2.37. The molecule has 0 bridgehead atoms. The van der Waals surface area contributed by atoms with Crippen molar-refractivity contribution in [2.24, 2.45) is 5.92 Å². The summed E-state index contributed by atoms with van der Waals surface area (Å²) in [7, 11) is 0. The highest BCUT2D eigenvalue weighted by atomic mass is 15.0. The molecule has 0 saturated heterocycles. The SMILES string of the molecule is CCC1CC1NCC1Cc2ccccc21. The zero-order valence-electron chi connectivity index (χ0n) is 9.37. The van der Waals surface area contributed by atoms with Crippen LogP contribution >= 0.6 is 0 Å². The van der Waals surface area contributed by atoms with Gasteiger partial charge in [-0.2, -0.15) is 0 Å². The number of nitrogens with one attached hydrogen (secondary N) is 1. The van der Waals surface area contributed by atoms with Gasteiger partial charge in [-0.15, -0.1) is 0 Å². The second kappa shape index (κ2) is 3.64. The third-order valence-corrected chi connectivity index (χ3v) is 4.03. The molecule has 3 atom stereocenters. The van der Waals surface area contributed by atoms with E-state index in [1.807, 2.05) is 0 Å². The second-order valence-corrected chi connectivity index (χ2v) is 5.02. The van der Waals surface area contributed by atoms with E-state index in [0.29, 0.717) is 0 Å². The smallest absolute Gasteiger partial charge is 0.00992 e. The van der Waals surface area contributed by atoms with Crippen LogP contribution in [0, 0.1) is 5.92 Å². The molecule has 15 heavy (non-hydrogen) atoms. The van der Waals surface area contributed by atoms with Crippen molar-refractivity contribution in [2.75, 3.05) is 6.54 Å². The Morgan fingerprint density at radius 2 is 2.20 bits per heavy atom. The van der Waals surface area contributed by atoms with Crippen molar-refractivity contribution in [1.82, 2.24) is 5.32 Å². The Hall–Kier alpha value is -0.820. The van der Waals surface area contributed by atoms with Crippen LogP contribution in [0.3, 0.4) is 0 Å². The lowest BCUT2D eigenvalue weighted by molar-refractivity contribution is 0.518. The molecule has 1 saturated carbocycles. The molecule has 0 radical (unpaired) electrons. The van der Waals surface area contributed by atoms with Gasteiger partial charge in [0.05, 0.1) is 0 Å². The first-order chi connectivity index (χ1) is 7.38. The second-order valence-electron chi connectivity index (χ2n) is 5.02. The molecule has 2 aliphatic carbocycles. The van der Waals surface area contributed by atoms with Crippen molar-refractivity contribution in [3.05, 3.63) is 35.4 Å². The molecule has 1 N–H and O–H groups in total. The number of hydrogen-bond acceptors (Lipinski definition) is 1. The van der Waals surface area contributed by atoms with Crippen LogP contribution in [0.25, 0.3) is 0 Å². The molecule has 1 fully saturated rings. The summed E-state index contributed by atoms with van der Waals surface area (Å²) in [6.45, 7) is 3.49. The lowest BCUT2D eigenvalue weighted by Gasteiger charge is -2.30. The van der Waals surface area contributed by atoms with Crippen LogP contribution < -0.4 is 5.32 Å². The van der Waals surface area contributed by atoms with E-state index >= 15 is 0 Å². The van der Waals surface area contributed by atoms with Gasteiger partial charge in [-0.25, -0.2) is 0 Å². The maximum atomic E-state index is 3.70. The number of rotatable bonds is 4. The molecule has 0 aromatic heterocycles. The average Bonchev–Trinajstić information content (AvgIpc) is 2.98. The van der Waals surface area contributed by atoms with Gasteiger partial charge in [0.1, 0.15) is 0 Å². The van der Waals surface area contributed by atoms with Crippen LogP contribution in [-0.2, 0) is 6.42 Å². The zero-order valence-corrected chi connectivity index (χ0v) is 9.37. The molecule has 0 aliphatic heterocycles. The van der Waals surface area contributed by atoms with Gasteiger partial charge in [0.2, 0.25) is 0 Å². The van der Waals surface area contributed by atoms with Gasteiger partial charge in [0.25, 0.3) is 0 Å². The molecule has 0 spiro atoms. The van der Waals surface area contributed by atoms with Crippen LogP contribution in [0.5, 0.6) is 0 Å². The summed E-state index contributed by atoms with van der Waals surface area (Å²) in [5.41, 5.74) is 3.14. The summed E-state index contributed by atoms with van der Waals surface area (Å²) in [4.78, 5) is 0.